The minimum atomic E-state index is -0.665. The summed E-state index contributed by atoms with van der Waals surface area (Å²) in [5.74, 6) is -0.348. The molecule has 24 nitrogen and oxygen atoms in total. The highest BCUT2D eigenvalue weighted by atomic mass is 16.6. The number of hydrazine groups is 2. The molecule has 12 rings (SSSR count). The fraction of sp³-hybridized carbons (Fsp3) is 0.452. The molecule has 0 spiro atoms. The summed E-state index contributed by atoms with van der Waals surface area (Å²) >= 11 is 0. The Kier molecular flexibility index (Phi) is 25.6. The van der Waals surface area contributed by atoms with Crippen molar-refractivity contribution in [1.82, 2.24) is 51.1 Å². The molecule has 4 aromatic rings. The van der Waals surface area contributed by atoms with Crippen LogP contribution in [0.3, 0.4) is 0 Å². The topological polar surface area (TPSA) is 266 Å². The molecule has 108 heavy (non-hydrogen) atoms. The number of aliphatic imine (C=N–C) groups is 2. The van der Waals surface area contributed by atoms with E-state index in [1.54, 1.807) is 0 Å². The standard InChI is InChI=1S/2C42H52N6O6/c2*1-26(2)38(44-40(50)53-5)39(49)46-21-8-10-37(46)35-24-34(25-43-35)31-17-13-29(14-18-31)28-11-15-30(16-12-28)32-19-20-33(23-32)36-9-7-22-47(36)42(52)48(27(3)4)45-41(51)54-6/h2*11-20,25-27,36-38H,7-10,21-24H2,1-6H3,(H,44,50)(H,45,51)/t36-,37+,38+;36-,37-,38-/m10/s1. The summed E-state index contributed by atoms with van der Waals surface area (Å²) < 4.78 is 19.0. The lowest BCUT2D eigenvalue weighted by Gasteiger charge is -2.34. The van der Waals surface area contributed by atoms with E-state index in [4.69, 9.17) is 28.9 Å². The fourth-order valence-electron chi connectivity index (χ4n) is 15.7. The molecular formula is C84H104N12O12. The Morgan fingerprint density at radius 2 is 0.657 bits per heavy atom. The number of nitrogens with zero attached hydrogens (tertiary/aromatic N) is 8. The average Bonchev–Trinajstić information content (AvgIpc) is 1.67. The summed E-state index contributed by atoms with van der Waals surface area (Å²) in [5.41, 5.74) is 23.1. The Balaban J connectivity index is 0.000000215. The van der Waals surface area contributed by atoms with Crippen LogP contribution in [-0.2, 0) is 28.5 Å². The van der Waals surface area contributed by atoms with Gasteiger partial charge in [-0.05, 0) is 182 Å². The van der Waals surface area contributed by atoms with Crippen LogP contribution in [0.5, 0.6) is 0 Å². The maximum Gasteiger partial charge on any atom is 0.425 e. The third-order valence-electron chi connectivity index (χ3n) is 21.7. The van der Waals surface area contributed by atoms with E-state index in [0.29, 0.717) is 39.0 Å². The number of carbonyl (C=O) groups is 8. The molecule has 0 saturated carbocycles. The number of urea groups is 2. The van der Waals surface area contributed by atoms with Crippen molar-refractivity contribution in [2.75, 3.05) is 54.6 Å². The van der Waals surface area contributed by atoms with Crippen LogP contribution in [0.4, 0.5) is 28.8 Å². The molecule has 6 atom stereocenters. The van der Waals surface area contributed by atoms with Crippen molar-refractivity contribution in [1.29, 1.82) is 0 Å². The lowest BCUT2D eigenvalue weighted by Crippen LogP contribution is -2.56. The number of ether oxygens (including phenoxy) is 4. The van der Waals surface area contributed by atoms with Gasteiger partial charge in [-0.1, -0.05) is 149 Å². The molecule has 0 bridgehead atoms. The van der Waals surface area contributed by atoms with E-state index in [1.807, 2.05) is 87.4 Å². The number of benzene rings is 4. The monoisotopic (exact) mass is 1470 g/mol. The number of amides is 10. The number of allylic oxidation sites excluding steroid dienone is 8. The SMILES string of the molecule is COC(=O)N[C@H](C(=O)N1CCC[C@H]1C1=NC=C(c2ccc(-c3ccc(C4=CC=C([C@@H]5CCCN5C(=O)N(NC(=O)OC)C(C)C)C4)cc3)cc2)C1)C(C)C.COC(=O)N[C@H](C(=O)N1CCC[C@H]1C1=NC=C(c2ccc(-c3ccc(C4=CC=C([C@H]5CCCN5C(=O)N(NC(=O)OC)C(C)C)C4)cc3)cc2)C1)C(C)C. The van der Waals surface area contributed by atoms with E-state index < -0.39 is 36.5 Å². The van der Waals surface area contributed by atoms with Crippen molar-refractivity contribution < 1.29 is 57.3 Å². The number of carbonyl (C=O) groups excluding carboxylic acids is 8. The second-order valence-corrected chi connectivity index (χ2v) is 29.9. The maximum atomic E-state index is 13.6. The van der Waals surface area contributed by atoms with Crippen molar-refractivity contribution in [3.63, 3.8) is 0 Å². The quantitative estimate of drug-likeness (QED) is 0.0535. The van der Waals surface area contributed by atoms with Gasteiger partial charge < -0.3 is 49.2 Å². The number of methoxy groups -OCH3 is 4. The van der Waals surface area contributed by atoms with Crippen molar-refractivity contribution in [2.24, 2.45) is 21.8 Å². The first-order valence-electron chi connectivity index (χ1n) is 37.9. The van der Waals surface area contributed by atoms with Crippen LogP contribution in [-0.4, -0.2) is 192 Å². The van der Waals surface area contributed by atoms with Crippen LogP contribution in [0.2, 0.25) is 0 Å². The van der Waals surface area contributed by atoms with E-state index in [1.165, 1.54) is 60.7 Å². The molecule has 8 aliphatic rings. The molecule has 0 unspecified atom stereocenters. The predicted molar refractivity (Wildman–Crippen MR) is 418 cm³/mol. The second-order valence-electron chi connectivity index (χ2n) is 29.9. The Morgan fingerprint density at radius 3 is 0.954 bits per heavy atom. The Labute approximate surface area is 634 Å². The van der Waals surface area contributed by atoms with E-state index in [2.05, 4.69) is 143 Å². The van der Waals surface area contributed by atoms with Crippen LogP contribution in [0, 0.1) is 11.8 Å². The molecule has 0 radical (unpaired) electrons. The first-order chi connectivity index (χ1) is 52.0. The molecule has 0 aromatic heterocycles. The molecule has 10 amide bonds. The van der Waals surface area contributed by atoms with Crippen molar-refractivity contribution in [3.8, 4) is 22.3 Å². The number of nitrogens with one attached hydrogen (secondary N) is 4. The van der Waals surface area contributed by atoms with Gasteiger partial charge in [0.25, 0.3) is 0 Å². The Hall–Kier alpha value is -10.8. The number of likely N-dealkylation sites (tertiary alicyclic amines) is 4. The van der Waals surface area contributed by atoms with E-state index in [9.17, 15) is 38.4 Å². The van der Waals surface area contributed by atoms with Gasteiger partial charge in [0, 0.05) is 74.9 Å². The summed E-state index contributed by atoms with van der Waals surface area (Å²) in [6.45, 7) is 17.7. The smallest absolute Gasteiger partial charge is 0.425 e. The third kappa shape index (κ3) is 17.9. The average molecular weight is 1470 g/mol. The largest absolute Gasteiger partial charge is 0.453 e. The highest BCUT2D eigenvalue weighted by Gasteiger charge is 2.43. The Bertz CT molecular complexity index is 3720. The van der Waals surface area contributed by atoms with Crippen molar-refractivity contribution in [3.05, 3.63) is 167 Å². The highest BCUT2D eigenvalue weighted by Crippen LogP contribution is 2.40. The van der Waals surface area contributed by atoms with Gasteiger partial charge in [-0.3, -0.25) is 19.6 Å². The van der Waals surface area contributed by atoms with Gasteiger partial charge in [0.15, 0.2) is 0 Å². The van der Waals surface area contributed by atoms with Crippen LogP contribution < -0.4 is 21.5 Å². The molecule has 2 aliphatic carbocycles. The van der Waals surface area contributed by atoms with Gasteiger partial charge in [0.2, 0.25) is 11.8 Å². The molecule has 4 saturated heterocycles. The lowest BCUT2D eigenvalue weighted by molar-refractivity contribution is -0.134. The zero-order chi connectivity index (χ0) is 77.0. The molecule has 572 valence electrons. The Morgan fingerprint density at radius 1 is 0.370 bits per heavy atom. The highest BCUT2D eigenvalue weighted by molar-refractivity contribution is 6.05. The molecule has 24 heteroatoms. The summed E-state index contributed by atoms with van der Waals surface area (Å²) in [4.78, 5) is 119. The zero-order valence-electron chi connectivity index (χ0n) is 64.3. The molecule has 4 aromatic carbocycles. The van der Waals surface area contributed by atoms with E-state index in [-0.39, 0.29) is 72.0 Å². The molecule has 4 N–H and O–H groups in total. The maximum absolute atomic E-state index is 13.6. The summed E-state index contributed by atoms with van der Waals surface area (Å²) in [6.07, 6.45) is 19.9. The first kappa shape index (κ1) is 78.3. The third-order valence-corrected chi connectivity index (χ3v) is 21.7. The summed E-state index contributed by atoms with van der Waals surface area (Å²) in [6, 6.07) is 31.9. The van der Waals surface area contributed by atoms with Gasteiger partial charge in [-0.25, -0.2) is 49.6 Å². The van der Waals surface area contributed by atoms with Crippen molar-refractivity contribution in [2.45, 2.75) is 181 Å². The molecular weight excluding hydrogens is 1370 g/mol. The molecule has 6 heterocycles. The van der Waals surface area contributed by atoms with Gasteiger partial charge in [0.1, 0.15) is 12.1 Å². The zero-order valence-corrected chi connectivity index (χ0v) is 64.3. The first-order valence-corrected chi connectivity index (χ1v) is 37.9. The second kappa shape index (κ2) is 35.3. The van der Waals surface area contributed by atoms with Crippen LogP contribution in [0.15, 0.2) is 155 Å². The van der Waals surface area contributed by atoms with Crippen LogP contribution >= 0.6 is 0 Å². The molecule has 4 fully saturated rings. The van der Waals surface area contributed by atoms with Gasteiger partial charge in [-0.15, -0.1) is 0 Å². The van der Waals surface area contributed by atoms with Gasteiger partial charge in [0.05, 0.1) is 52.6 Å². The summed E-state index contributed by atoms with van der Waals surface area (Å²) in [5, 5.41) is 8.13. The minimum absolute atomic E-state index is 0.0200. The van der Waals surface area contributed by atoms with Crippen LogP contribution in [0.25, 0.3) is 44.5 Å². The number of rotatable bonds is 18. The lowest BCUT2D eigenvalue weighted by atomic mass is 9.94. The van der Waals surface area contributed by atoms with Gasteiger partial charge in [-0.2, -0.15) is 0 Å². The number of hydrogen-bond acceptors (Lipinski definition) is 14. The van der Waals surface area contributed by atoms with Crippen LogP contribution in [0.1, 0.15) is 155 Å². The summed E-state index contributed by atoms with van der Waals surface area (Å²) in [7, 11) is 5.17. The van der Waals surface area contributed by atoms with E-state index >= 15 is 0 Å². The number of alkyl carbamates (subject to hydrolysis) is 2. The minimum Gasteiger partial charge on any atom is -0.453 e. The normalized spacial score (nSPS) is 20.0. The van der Waals surface area contributed by atoms with Gasteiger partial charge >= 0.3 is 36.4 Å². The molecule has 6 aliphatic heterocycles. The number of hydrogen-bond donors (Lipinski definition) is 4. The fourth-order valence-corrected chi connectivity index (χ4v) is 15.7. The van der Waals surface area contributed by atoms with Crippen molar-refractivity contribution >= 4 is 82.0 Å². The van der Waals surface area contributed by atoms with E-state index in [0.717, 1.165) is 131 Å². The predicted octanol–water partition coefficient (Wildman–Crippen LogP) is 14.4.